The Morgan fingerprint density at radius 3 is 2.50 bits per heavy atom. The molecule has 0 unspecified atom stereocenters. The lowest BCUT2D eigenvalue weighted by molar-refractivity contribution is -0.0139. The van der Waals surface area contributed by atoms with Crippen LogP contribution in [0.1, 0.15) is 19.8 Å². The molecule has 1 heterocycles. The molecule has 0 atom stereocenters. The van der Waals surface area contributed by atoms with Gasteiger partial charge in [-0.3, -0.25) is 0 Å². The van der Waals surface area contributed by atoms with Gasteiger partial charge in [0.15, 0.2) is 0 Å². The van der Waals surface area contributed by atoms with Crippen LogP contribution in [0.25, 0.3) is 0 Å². The average Bonchev–Trinajstić information content (AvgIpc) is 2.08. The van der Waals surface area contributed by atoms with Crippen molar-refractivity contribution in [2.24, 2.45) is 0 Å². The minimum atomic E-state index is -0.442. The lowest BCUT2D eigenvalue weighted by Crippen LogP contribution is -2.48. The van der Waals surface area contributed by atoms with Crippen molar-refractivity contribution >= 4 is 0 Å². The number of aliphatic hydroxyl groups is 1. The summed E-state index contributed by atoms with van der Waals surface area (Å²) < 4.78 is 0. The summed E-state index contributed by atoms with van der Waals surface area (Å²) in [7, 11) is 2.10. The maximum Gasteiger partial charge on any atom is 0.0795 e. The predicted molar refractivity (Wildman–Crippen MR) is 50.2 cm³/mol. The molecule has 0 aromatic rings. The van der Waals surface area contributed by atoms with E-state index in [4.69, 9.17) is 0 Å². The fourth-order valence-electron chi connectivity index (χ4n) is 1.57. The number of hydrogen-bond donors (Lipinski definition) is 2. The average molecular weight is 172 g/mol. The Kier molecular flexibility index (Phi) is 3.50. The number of rotatable bonds is 3. The zero-order valence-corrected chi connectivity index (χ0v) is 8.14. The Labute approximate surface area is 74.8 Å². The molecule has 0 radical (unpaired) electrons. The summed E-state index contributed by atoms with van der Waals surface area (Å²) in [5, 5.41) is 13.2. The number of piperidine rings is 1. The van der Waals surface area contributed by atoms with Crippen LogP contribution in [0.4, 0.5) is 0 Å². The molecule has 0 spiro atoms. The SMILES string of the molecule is CCNCC1(O)CCN(C)CC1. The van der Waals surface area contributed by atoms with Crippen molar-refractivity contribution in [3.05, 3.63) is 0 Å². The topological polar surface area (TPSA) is 35.5 Å². The van der Waals surface area contributed by atoms with E-state index in [1.54, 1.807) is 0 Å². The van der Waals surface area contributed by atoms with Crippen molar-refractivity contribution < 1.29 is 5.11 Å². The van der Waals surface area contributed by atoms with Crippen LogP contribution in [-0.4, -0.2) is 48.8 Å². The summed E-state index contributed by atoms with van der Waals surface area (Å²) in [6.07, 6.45) is 1.80. The molecular formula is C9H20N2O. The van der Waals surface area contributed by atoms with Crippen molar-refractivity contribution in [2.75, 3.05) is 33.2 Å². The van der Waals surface area contributed by atoms with Gasteiger partial charge in [-0.1, -0.05) is 6.92 Å². The van der Waals surface area contributed by atoms with Gasteiger partial charge in [0.2, 0.25) is 0 Å². The zero-order valence-electron chi connectivity index (χ0n) is 8.14. The van der Waals surface area contributed by atoms with Gasteiger partial charge in [-0.15, -0.1) is 0 Å². The molecule has 0 aromatic heterocycles. The minimum Gasteiger partial charge on any atom is -0.388 e. The molecule has 0 saturated carbocycles. The van der Waals surface area contributed by atoms with E-state index in [9.17, 15) is 5.11 Å². The largest absolute Gasteiger partial charge is 0.388 e. The molecular weight excluding hydrogens is 152 g/mol. The van der Waals surface area contributed by atoms with E-state index in [1.165, 1.54) is 0 Å². The molecule has 1 saturated heterocycles. The second-order valence-electron chi connectivity index (χ2n) is 3.81. The lowest BCUT2D eigenvalue weighted by Gasteiger charge is -2.36. The van der Waals surface area contributed by atoms with Crippen LogP contribution in [0.15, 0.2) is 0 Å². The Hall–Kier alpha value is -0.120. The first kappa shape index (κ1) is 9.96. The second-order valence-corrected chi connectivity index (χ2v) is 3.81. The van der Waals surface area contributed by atoms with E-state index in [2.05, 4.69) is 24.2 Å². The molecule has 0 aliphatic carbocycles. The maximum absolute atomic E-state index is 10.0. The highest BCUT2D eigenvalue weighted by atomic mass is 16.3. The Morgan fingerprint density at radius 2 is 2.00 bits per heavy atom. The quantitative estimate of drug-likeness (QED) is 0.631. The fraction of sp³-hybridized carbons (Fsp3) is 1.00. The van der Waals surface area contributed by atoms with Gasteiger partial charge in [-0.05, 0) is 26.4 Å². The summed E-state index contributed by atoms with van der Waals surface area (Å²) in [5.74, 6) is 0. The van der Waals surface area contributed by atoms with Crippen LogP contribution in [0, 0.1) is 0 Å². The predicted octanol–water partition coefficient (Wildman–Crippen LogP) is 0.0526. The van der Waals surface area contributed by atoms with E-state index < -0.39 is 5.60 Å². The van der Waals surface area contributed by atoms with Crippen LogP contribution in [0.3, 0.4) is 0 Å². The number of nitrogens with one attached hydrogen (secondary N) is 1. The first-order chi connectivity index (χ1) is 5.66. The molecule has 1 aliphatic heterocycles. The van der Waals surface area contributed by atoms with Gasteiger partial charge in [0.1, 0.15) is 0 Å². The summed E-state index contributed by atoms with van der Waals surface area (Å²) >= 11 is 0. The van der Waals surface area contributed by atoms with Crippen LogP contribution in [-0.2, 0) is 0 Å². The van der Waals surface area contributed by atoms with Gasteiger partial charge >= 0.3 is 0 Å². The van der Waals surface area contributed by atoms with E-state index in [0.717, 1.165) is 39.0 Å². The molecule has 72 valence electrons. The lowest BCUT2D eigenvalue weighted by atomic mass is 9.92. The van der Waals surface area contributed by atoms with Gasteiger partial charge in [-0.2, -0.15) is 0 Å². The van der Waals surface area contributed by atoms with E-state index >= 15 is 0 Å². The third-order valence-electron chi connectivity index (χ3n) is 2.62. The fourth-order valence-corrected chi connectivity index (χ4v) is 1.57. The molecule has 1 aliphatic rings. The first-order valence-corrected chi connectivity index (χ1v) is 4.78. The molecule has 3 nitrogen and oxygen atoms in total. The smallest absolute Gasteiger partial charge is 0.0795 e. The standard InChI is InChI=1S/C9H20N2O/c1-3-10-8-9(12)4-6-11(2)7-5-9/h10,12H,3-8H2,1-2H3. The molecule has 2 N–H and O–H groups in total. The second kappa shape index (κ2) is 4.21. The minimum absolute atomic E-state index is 0.442. The van der Waals surface area contributed by atoms with Crippen molar-refractivity contribution in [3.63, 3.8) is 0 Å². The van der Waals surface area contributed by atoms with E-state index in [0.29, 0.717) is 0 Å². The van der Waals surface area contributed by atoms with Gasteiger partial charge in [0.25, 0.3) is 0 Å². The molecule has 1 fully saturated rings. The number of nitrogens with zero attached hydrogens (tertiary/aromatic N) is 1. The number of likely N-dealkylation sites (tertiary alicyclic amines) is 1. The van der Waals surface area contributed by atoms with Crippen LogP contribution >= 0.6 is 0 Å². The van der Waals surface area contributed by atoms with Gasteiger partial charge in [-0.25, -0.2) is 0 Å². The summed E-state index contributed by atoms with van der Waals surface area (Å²) in [6, 6.07) is 0. The number of likely N-dealkylation sites (N-methyl/N-ethyl adjacent to an activating group) is 1. The molecule has 0 amide bonds. The monoisotopic (exact) mass is 172 g/mol. The molecule has 1 rings (SSSR count). The Morgan fingerprint density at radius 1 is 1.42 bits per heavy atom. The van der Waals surface area contributed by atoms with Crippen LogP contribution in [0.2, 0.25) is 0 Å². The first-order valence-electron chi connectivity index (χ1n) is 4.78. The molecule has 0 bridgehead atoms. The normalized spacial score (nSPS) is 24.2. The third-order valence-corrected chi connectivity index (χ3v) is 2.62. The van der Waals surface area contributed by atoms with Gasteiger partial charge in [0, 0.05) is 19.6 Å². The molecule has 3 heteroatoms. The van der Waals surface area contributed by atoms with E-state index in [-0.39, 0.29) is 0 Å². The van der Waals surface area contributed by atoms with Crippen molar-refractivity contribution in [1.29, 1.82) is 0 Å². The number of hydrogen-bond acceptors (Lipinski definition) is 3. The van der Waals surface area contributed by atoms with Crippen molar-refractivity contribution in [3.8, 4) is 0 Å². The van der Waals surface area contributed by atoms with Crippen LogP contribution in [0.5, 0.6) is 0 Å². The summed E-state index contributed by atoms with van der Waals surface area (Å²) in [6.45, 7) is 5.79. The highest BCUT2D eigenvalue weighted by Gasteiger charge is 2.30. The maximum atomic E-state index is 10.0. The Bertz CT molecular complexity index is 125. The summed E-state index contributed by atoms with van der Waals surface area (Å²) in [4.78, 5) is 2.26. The van der Waals surface area contributed by atoms with Crippen LogP contribution < -0.4 is 5.32 Å². The van der Waals surface area contributed by atoms with E-state index in [1.807, 2.05) is 0 Å². The van der Waals surface area contributed by atoms with Gasteiger partial charge < -0.3 is 15.3 Å². The molecule has 12 heavy (non-hydrogen) atoms. The third kappa shape index (κ3) is 2.73. The highest BCUT2D eigenvalue weighted by molar-refractivity contribution is 4.86. The van der Waals surface area contributed by atoms with Crippen molar-refractivity contribution in [1.82, 2.24) is 10.2 Å². The van der Waals surface area contributed by atoms with Gasteiger partial charge in [0.05, 0.1) is 5.60 Å². The van der Waals surface area contributed by atoms with Crippen molar-refractivity contribution in [2.45, 2.75) is 25.4 Å². The zero-order chi connectivity index (χ0) is 9.03. The summed E-state index contributed by atoms with van der Waals surface area (Å²) in [5.41, 5.74) is -0.442. The highest BCUT2D eigenvalue weighted by Crippen LogP contribution is 2.19. The molecule has 0 aromatic carbocycles. The Balaban J connectivity index is 2.29.